The molecule has 2 N–H and O–H groups in total. The topological polar surface area (TPSA) is 79.8 Å². The van der Waals surface area contributed by atoms with Crippen LogP contribution < -0.4 is 10.6 Å². The summed E-state index contributed by atoms with van der Waals surface area (Å²) in [6.07, 6.45) is 7.58. The van der Waals surface area contributed by atoms with Crippen LogP contribution in [-0.4, -0.2) is 27.4 Å². The maximum atomic E-state index is 12.4. The van der Waals surface area contributed by atoms with Gasteiger partial charge in [-0.2, -0.15) is 0 Å². The first-order valence-electron chi connectivity index (χ1n) is 8.09. The van der Waals surface area contributed by atoms with Gasteiger partial charge in [-0.25, -0.2) is 4.98 Å². The Morgan fingerprint density at radius 1 is 0.920 bits per heavy atom. The van der Waals surface area contributed by atoms with E-state index in [2.05, 4.69) is 25.6 Å². The van der Waals surface area contributed by atoms with Gasteiger partial charge in [-0.15, -0.1) is 0 Å². The molecule has 3 aromatic heterocycles. The molecule has 25 heavy (non-hydrogen) atoms. The number of hydrogen-bond acceptors (Lipinski definition) is 5. The third-order valence-electron chi connectivity index (χ3n) is 3.65. The molecule has 126 valence electrons. The van der Waals surface area contributed by atoms with Gasteiger partial charge < -0.3 is 10.6 Å². The number of carbonyl (C=O) groups excluding carboxylic acids is 1. The van der Waals surface area contributed by atoms with E-state index in [9.17, 15) is 4.79 Å². The Morgan fingerprint density at radius 3 is 2.56 bits per heavy atom. The molecule has 6 nitrogen and oxygen atoms in total. The van der Waals surface area contributed by atoms with E-state index in [1.165, 1.54) is 0 Å². The normalized spacial score (nSPS) is 10.2. The minimum Gasteiger partial charge on any atom is -0.365 e. The van der Waals surface area contributed by atoms with E-state index in [4.69, 9.17) is 0 Å². The van der Waals surface area contributed by atoms with Crippen molar-refractivity contribution in [1.29, 1.82) is 0 Å². The van der Waals surface area contributed by atoms with Crippen LogP contribution in [0.4, 0.5) is 5.82 Å². The number of amides is 1. The third-order valence-corrected chi connectivity index (χ3v) is 3.65. The Labute approximate surface area is 146 Å². The van der Waals surface area contributed by atoms with E-state index in [1.807, 2.05) is 30.3 Å². The van der Waals surface area contributed by atoms with Crippen molar-refractivity contribution in [2.24, 2.45) is 0 Å². The Hall–Kier alpha value is -3.28. The number of nitrogens with zero attached hydrogens (tertiary/aromatic N) is 3. The van der Waals surface area contributed by atoms with Crippen molar-refractivity contribution in [1.82, 2.24) is 20.3 Å². The van der Waals surface area contributed by atoms with Crippen molar-refractivity contribution < 1.29 is 4.79 Å². The van der Waals surface area contributed by atoms with E-state index in [1.54, 1.807) is 36.9 Å². The molecule has 0 aromatic carbocycles. The lowest BCUT2D eigenvalue weighted by atomic mass is 10.2. The lowest BCUT2D eigenvalue weighted by molar-refractivity contribution is 0.0954. The zero-order chi connectivity index (χ0) is 17.3. The minimum absolute atomic E-state index is 0.152. The highest BCUT2D eigenvalue weighted by Crippen LogP contribution is 2.12. The molecule has 0 aliphatic carbocycles. The van der Waals surface area contributed by atoms with Crippen LogP contribution in [0.1, 0.15) is 21.6 Å². The second-order valence-electron chi connectivity index (χ2n) is 5.44. The largest absolute Gasteiger partial charge is 0.365 e. The van der Waals surface area contributed by atoms with E-state index in [-0.39, 0.29) is 5.91 Å². The number of rotatable bonds is 7. The van der Waals surface area contributed by atoms with E-state index >= 15 is 0 Å². The molecule has 3 rings (SSSR count). The molecular formula is C19H19N5O. The Balaban J connectivity index is 1.58. The first-order chi connectivity index (χ1) is 12.3. The number of anilines is 1. The zero-order valence-electron chi connectivity index (χ0n) is 13.7. The summed E-state index contributed by atoms with van der Waals surface area (Å²) in [5, 5.41) is 6.12. The molecule has 0 saturated heterocycles. The van der Waals surface area contributed by atoms with E-state index in [0.717, 1.165) is 11.3 Å². The molecule has 1 amide bonds. The predicted octanol–water partition coefficient (Wildman–Crippen LogP) is 2.46. The first kappa shape index (κ1) is 16.6. The van der Waals surface area contributed by atoms with Crippen LogP contribution in [0.2, 0.25) is 0 Å². The molecule has 0 atom stereocenters. The van der Waals surface area contributed by atoms with Gasteiger partial charge in [-0.3, -0.25) is 14.8 Å². The number of nitrogens with one attached hydrogen (secondary N) is 2. The highest BCUT2D eigenvalue weighted by Gasteiger charge is 2.11. The second kappa shape index (κ2) is 8.54. The van der Waals surface area contributed by atoms with Gasteiger partial charge in [-0.05, 0) is 42.0 Å². The monoisotopic (exact) mass is 333 g/mol. The fourth-order valence-corrected chi connectivity index (χ4v) is 2.36. The lowest BCUT2D eigenvalue weighted by Gasteiger charge is -2.11. The minimum atomic E-state index is -0.152. The summed E-state index contributed by atoms with van der Waals surface area (Å²) in [5.74, 6) is 0.413. The van der Waals surface area contributed by atoms with E-state index in [0.29, 0.717) is 30.9 Å². The van der Waals surface area contributed by atoms with Crippen molar-refractivity contribution in [3.63, 3.8) is 0 Å². The van der Waals surface area contributed by atoms with Crippen LogP contribution in [0, 0.1) is 0 Å². The van der Waals surface area contributed by atoms with Crippen molar-refractivity contribution in [3.8, 4) is 0 Å². The van der Waals surface area contributed by atoms with Crippen LogP contribution in [0.5, 0.6) is 0 Å². The molecule has 0 fully saturated rings. The molecular weight excluding hydrogens is 314 g/mol. The molecule has 3 aromatic rings. The zero-order valence-corrected chi connectivity index (χ0v) is 13.7. The van der Waals surface area contributed by atoms with Gasteiger partial charge >= 0.3 is 0 Å². The molecule has 3 heterocycles. The first-order valence-corrected chi connectivity index (χ1v) is 8.09. The molecule has 0 aliphatic heterocycles. The smallest absolute Gasteiger partial charge is 0.255 e. The maximum Gasteiger partial charge on any atom is 0.255 e. The number of pyridine rings is 3. The van der Waals surface area contributed by atoms with Crippen molar-refractivity contribution in [2.75, 3.05) is 11.9 Å². The van der Waals surface area contributed by atoms with Gasteiger partial charge in [-0.1, -0.05) is 6.07 Å². The molecule has 0 saturated carbocycles. The molecule has 0 bridgehead atoms. The van der Waals surface area contributed by atoms with Gasteiger partial charge in [0.25, 0.3) is 5.91 Å². The average Bonchev–Trinajstić information content (AvgIpc) is 2.68. The van der Waals surface area contributed by atoms with E-state index < -0.39 is 0 Å². The second-order valence-corrected chi connectivity index (χ2v) is 5.44. The van der Waals surface area contributed by atoms with Crippen LogP contribution in [0.15, 0.2) is 67.3 Å². The Kier molecular flexibility index (Phi) is 5.66. The van der Waals surface area contributed by atoms with Gasteiger partial charge in [0.15, 0.2) is 0 Å². The molecule has 0 spiro atoms. The summed E-state index contributed by atoms with van der Waals surface area (Å²) in [7, 11) is 0. The quantitative estimate of drug-likeness (QED) is 0.694. The standard InChI is InChI=1S/C19H19N5O/c25-19(23-13-8-16-4-1-2-9-21-16)17-5-3-10-22-18(17)24-14-15-6-11-20-12-7-15/h1-7,9-12H,8,13-14H2,(H,22,24)(H,23,25). The summed E-state index contributed by atoms with van der Waals surface area (Å²) < 4.78 is 0. The van der Waals surface area contributed by atoms with Crippen molar-refractivity contribution in [2.45, 2.75) is 13.0 Å². The molecule has 0 unspecified atom stereocenters. The van der Waals surface area contributed by atoms with Crippen molar-refractivity contribution >= 4 is 11.7 Å². The summed E-state index contributed by atoms with van der Waals surface area (Å²) in [4.78, 5) is 25.0. The highest BCUT2D eigenvalue weighted by molar-refractivity contribution is 5.98. The third kappa shape index (κ3) is 4.84. The van der Waals surface area contributed by atoms with Gasteiger partial charge in [0, 0.05) is 50.0 Å². The predicted molar refractivity (Wildman–Crippen MR) is 96.1 cm³/mol. The summed E-state index contributed by atoms with van der Waals surface area (Å²) in [6.45, 7) is 1.10. The summed E-state index contributed by atoms with van der Waals surface area (Å²) in [5.41, 5.74) is 2.55. The maximum absolute atomic E-state index is 12.4. The van der Waals surface area contributed by atoms with Crippen LogP contribution in [0.3, 0.4) is 0 Å². The Bertz CT molecular complexity index is 808. The van der Waals surface area contributed by atoms with Gasteiger partial charge in [0.05, 0.1) is 5.56 Å². The summed E-state index contributed by atoms with van der Waals surface area (Å²) in [6, 6.07) is 13.1. The molecule has 0 aliphatic rings. The SMILES string of the molecule is O=C(NCCc1ccccn1)c1cccnc1NCc1ccncc1. The summed E-state index contributed by atoms with van der Waals surface area (Å²) >= 11 is 0. The van der Waals surface area contributed by atoms with Crippen molar-refractivity contribution in [3.05, 3.63) is 84.1 Å². The molecule has 6 heteroatoms. The Morgan fingerprint density at radius 2 is 1.76 bits per heavy atom. The number of aromatic nitrogens is 3. The van der Waals surface area contributed by atoms with Crippen LogP contribution in [-0.2, 0) is 13.0 Å². The van der Waals surface area contributed by atoms with Crippen LogP contribution in [0.25, 0.3) is 0 Å². The van der Waals surface area contributed by atoms with Gasteiger partial charge in [0.1, 0.15) is 5.82 Å². The number of carbonyl (C=O) groups is 1. The lowest BCUT2D eigenvalue weighted by Crippen LogP contribution is -2.27. The number of hydrogen-bond donors (Lipinski definition) is 2. The highest BCUT2D eigenvalue weighted by atomic mass is 16.1. The van der Waals surface area contributed by atoms with Gasteiger partial charge in [0.2, 0.25) is 0 Å². The fraction of sp³-hybridized carbons (Fsp3) is 0.158. The average molecular weight is 333 g/mol. The fourth-order valence-electron chi connectivity index (χ4n) is 2.36. The molecule has 0 radical (unpaired) electrons. The van der Waals surface area contributed by atoms with Crippen LogP contribution >= 0.6 is 0 Å².